The predicted molar refractivity (Wildman–Crippen MR) is 127 cm³/mol. The van der Waals surface area contributed by atoms with Gasteiger partial charge in [-0.2, -0.15) is 0 Å². The van der Waals surface area contributed by atoms with E-state index in [1.54, 1.807) is 12.4 Å². The van der Waals surface area contributed by atoms with Crippen LogP contribution in [0.2, 0.25) is 0 Å². The monoisotopic (exact) mass is 506 g/mol. The van der Waals surface area contributed by atoms with E-state index in [0.29, 0.717) is 0 Å². The number of piperazine rings is 1. The Kier molecular flexibility index (Phi) is 7.62. The maximum absolute atomic E-state index is 4.64. The molecule has 0 spiro atoms. The molecule has 0 bridgehead atoms. The summed E-state index contributed by atoms with van der Waals surface area (Å²) in [7, 11) is 1.84. The summed E-state index contributed by atoms with van der Waals surface area (Å²) in [4.78, 5) is 25.7. The van der Waals surface area contributed by atoms with Gasteiger partial charge >= 0.3 is 0 Å². The fourth-order valence-corrected chi connectivity index (χ4v) is 3.49. The Morgan fingerprint density at radius 3 is 2.59 bits per heavy atom. The molecule has 0 saturated carbocycles. The van der Waals surface area contributed by atoms with Gasteiger partial charge in [0.15, 0.2) is 5.96 Å². The smallest absolute Gasteiger partial charge is 0.225 e. The minimum atomic E-state index is 0. The van der Waals surface area contributed by atoms with Gasteiger partial charge in [0, 0.05) is 58.6 Å². The summed E-state index contributed by atoms with van der Waals surface area (Å²) in [6.45, 7) is 4.46. The Balaban J connectivity index is 0.00000240. The number of halogens is 1. The number of hydrogen-bond donors (Lipinski definition) is 2. The van der Waals surface area contributed by atoms with Crippen molar-refractivity contribution < 1.29 is 0 Å². The van der Waals surface area contributed by atoms with Crippen LogP contribution in [-0.2, 0) is 6.42 Å². The highest BCUT2D eigenvalue weighted by atomic mass is 127. The van der Waals surface area contributed by atoms with E-state index in [2.05, 4.69) is 46.1 Å². The van der Waals surface area contributed by atoms with Gasteiger partial charge in [0.2, 0.25) is 5.95 Å². The second kappa shape index (κ2) is 10.4. The normalized spacial score (nSPS) is 14.7. The van der Waals surface area contributed by atoms with Crippen LogP contribution in [0, 0.1) is 0 Å². The summed E-state index contributed by atoms with van der Waals surface area (Å²) in [5, 5.41) is 3.48. The van der Waals surface area contributed by atoms with Crippen LogP contribution in [0.5, 0.6) is 0 Å². The number of hydrogen-bond acceptors (Lipinski definition) is 5. The lowest BCUT2D eigenvalue weighted by molar-refractivity contribution is 0.370. The van der Waals surface area contributed by atoms with Crippen LogP contribution in [0.3, 0.4) is 0 Å². The Hall–Kier alpha value is -2.43. The number of nitrogens with one attached hydrogen (secondary N) is 2. The number of aliphatic imine (C=N–C) groups is 1. The molecule has 3 heterocycles. The van der Waals surface area contributed by atoms with E-state index in [0.717, 1.165) is 74.3 Å². The van der Waals surface area contributed by atoms with Crippen molar-refractivity contribution in [2.24, 2.45) is 4.99 Å². The highest BCUT2D eigenvalue weighted by Gasteiger charge is 2.20. The van der Waals surface area contributed by atoms with Crippen LogP contribution in [-0.4, -0.2) is 70.6 Å². The lowest BCUT2D eigenvalue weighted by Crippen LogP contribution is -2.53. The van der Waals surface area contributed by atoms with E-state index in [1.165, 1.54) is 0 Å². The first-order valence-corrected chi connectivity index (χ1v) is 9.74. The van der Waals surface area contributed by atoms with Crippen molar-refractivity contribution in [1.82, 2.24) is 30.2 Å². The van der Waals surface area contributed by atoms with Crippen molar-refractivity contribution in [1.29, 1.82) is 0 Å². The maximum atomic E-state index is 4.64. The molecule has 1 aromatic carbocycles. The zero-order valence-electron chi connectivity index (χ0n) is 16.6. The molecule has 4 rings (SSSR count). The highest BCUT2D eigenvalue weighted by molar-refractivity contribution is 14.0. The zero-order chi connectivity index (χ0) is 19.2. The molecular weight excluding hydrogens is 479 g/mol. The van der Waals surface area contributed by atoms with Crippen LogP contribution < -0.4 is 10.2 Å². The summed E-state index contributed by atoms with van der Waals surface area (Å²) in [5.41, 5.74) is 2.13. The number of rotatable bonds is 5. The summed E-state index contributed by atoms with van der Waals surface area (Å²) >= 11 is 0. The fraction of sp³-hybridized carbons (Fsp3) is 0.400. The summed E-state index contributed by atoms with van der Waals surface area (Å²) in [6, 6.07) is 9.99. The molecule has 9 heteroatoms. The lowest BCUT2D eigenvalue weighted by Gasteiger charge is -2.36. The highest BCUT2D eigenvalue weighted by Crippen LogP contribution is 2.12. The van der Waals surface area contributed by atoms with Crippen LogP contribution in [0.1, 0.15) is 12.2 Å². The number of aromatic amines is 1. The van der Waals surface area contributed by atoms with Crippen molar-refractivity contribution in [3.05, 3.63) is 48.5 Å². The molecule has 0 atom stereocenters. The third kappa shape index (κ3) is 5.34. The lowest BCUT2D eigenvalue weighted by atomic mass is 10.3. The molecule has 0 aliphatic carbocycles. The SMILES string of the molecule is CN=C(NCCCc1nc2ccccc2[nH]1)N1CCN(c2ncccn2)CC1.I. The van der Waals surface area contributed by atoms with Gasteiger partial charge in [0.1, 0.15) is 5.82 Å². The van der Waals surface area contributed by atoms with Gasteiger partial charge < -0.3 is 20.1 Å². The Labute approximate surface area is 187 Å². The van der Waals surface area contributed by atoms with Crippen molar-refractivity contribution in [2.75, 3.05) is 44.7 Å². The Morgan fingerprint density at radius 1 is 1.10 bits per heavy atom. The minimum absolute atomic E-state index is 0. The van der Waals surface area contributed by atoms with Gasteiger partial charge in [0.05, 0.1) is 11.0 Å². The van der Waals surface area contributed by atoms with Gasteiger partial charge in [-0.3, -0.25) is 4.99 Å². The number of aromatic nitrogens is 4. The largest absolute Gasteiger partial charge is 0.356 e. The van der Waals surface area contributed by atoms with E-state index < -0.39 is 0 Å². The van der Waals surface area contributed by atoms with Crippen molar-refractivity contribution in [3.63, 3.8) is 0 Å². The van der Waals surface area contributed by atoms with E-state index in [-0.39, 0.29) is 24.0 Å². The number of imidazole rings is 1. The first-order valence-electron chi connectivity index (χ1n) is 9.74. The van der Waals surface area contributed by atoms with Gasteiger partial charge in [-0.25, -0.2) is 15.0 Å². The number of aryl methyl sites for hydroxylation is 1. The number of guanidine groups is 1. The standard InChI is InChI=1S/C20H26N8.HI/c1-21-19(27-12-14-28(15-13-27)20-23-10-5-11-24-20)22-9-4-8-18-25-16-6-2-3-7-17(16)26-18;/h2-3,5-7,10-11H,4,8-9,12-15H2,1H3,(H,21,22)(H,25,26);1H. The molecule has 154 valence electrons. The van der Waals surface area contributed by atoms with Crippen molar-refractivity contribution in [3.8, 4) is 0 Å². The molecule has 1 fully saturated rings. The number of H-pyrrole nitrogens is 1. The van der Waals surface area contributed by atoms with Gasteiger partial charge in [-0.15, -0.1) is 24.0 Å². The molecule has 2 N–H and O–H groups in total. The van der Waals surface area contributed by atoms with Gasteiger partial charge in [0.25, 0.3) is 0 Å². The van der Waals surface area contributed by atoms with E-state index >= 15 is 0 Å². The predicted octanol–water partition coefficient (Wildman–Crippen LogP) is 2.30. The topological polar surface area (TPSA) is 85.3 Å². The van der Waals surface area contributed by atoms with Gasteiger partial charge in [-0.05, 0) is 24.6 Å². The molecule has 3 aromatic rings. The van der Waals surface area contributed by atoms with Gasteiger partial charge in [-0.1, -0.05) is 12.1 Å². The third-order valence-corrected chi connectivity index (χ3v) is 4.94. The molecule has 0 amide bonds. The zero-order valence-corrected chi connectivity index (χ0v) is 18.9. The second-order valence-corrected chi connectivity index (χ2v) is 6.80. The number of nitrogens with zero attached hydrogens (tertiary/aromatic N) is 6. The molecular formula is C20H27IN8. The summed E-state index contributed by atoms with van der Waals surface area (Å²) in [5.74, 6) is 2.80. The molecule has 2 aromatic heterocycles. The van der Waals surface area contributed by atoms with Crippen LogP contribution in [0.25, 0.3) is 11.0 Å². The van der Waals surface area contributed by atoms with E-state index in [4.69, 9.17) is 0 Å². The van der Waals surface area contributed by atoms with Crippen LogP contribution in [0.4, 0.5) is 5.95 Å². The molecule has 0 unspecified atom stereocenters. The summed E-state index contributed by atoms with van der Waals surface area (Å²) < 4.78 is 0. The third-order valence-electron chi connectivity index (χ3n) is 4.94. The maximum Gasteiger partial charge on any atom is 0.225 e. The number of para-hydroxylation sites is 2. The first kappa shape index (κ1) is 21.3. The second-order valence-electron chi connectivity index (χ2n) is 6.80. The first-order chi connectivity index (χ1) is 13.8. The average molecular weight is 506 g/mol. The molecule has 1 aliphatic heterocycles. The number of anilines is 1. The van der Waals surface area contributed by atoms with Crippen LogP contribution in [0.15, 0.2) is 47.7 Å². The Morgan fingerprint density at radius 2 is 1.86 bits per heavy atom. The van der Waals surface area contributed by atoms with Crippen LogP contribution >= 0.6 is 24.0 Å². The van der Waals surface area contributed by atoms with E-state index in [9.17, 15) is 0 Å². The molecule has 1 aliphatic rings. The van der Waals surface area contributed by atoms with Crippen molar-refractivity contribution >= 4 is 46.9 Å². The fourth-order valence-electron chi connectivity index (χ4n) is 3.49. The molecule has 1 saturated heterocycles. The summed E-state index contributed by atoms with van der Waals surface area (Å²) in [6.07, 6.45) is 5.49. The van der Waals surface area contributed by atoms with Crippen molar-refractivity contribution in [2.45, 2.75) is 12.8 Å². The molecule has 29 heavy (non-hydrogen) atoms. The number of fused-ring (bicyclic) bond motifs is 1. The molecule has 0 radical (unpaired) electrons. The average Bonchev–Trinajstić information content (AvgIpc) is 3.17. The Bertz CT molecular complexity index is 885. The minimum Gasteiger partial charge on any atom is -0.356 e. The quantitative estimate of drug-likeness (QED) is 0.239. The molecule has 8 nitrogen and oxygen atoms in total. The van der Waals surface area contributed by atoms with E-state index in [1.807, 2.05) is 31.3 Å². The number of benzene rings is 1.